The molecule has 0 radical (unpaired) electrons. The third-order valence-electron chi connectivity index (χ3n) is 3.42. The van der Waals surface area contributed by atoms with Crippen molar-refractivity contribution < 1.29 is 0 Å². The van der Waals surface area contributed by atoms with Crippen molar-refractivity contribution in [2.75, 3.05) is 5.32 Å². The molecule has 1 saturated carbocycles. The number of hydrogen-bond acceptors (Lipinski definition) is 1. The lowest BCUT2D eigenvalue weighted by molar-refractivity contribution is 0.482. The van der Waals surface area contributed by atoms with Gasteiger partial charge in [-0.05, 0) is 59.8 Å². The van der Waals surface area contributed by atoms with Crippen LogP contribution in [0.5, 0.6) is 0 Å². The Morgan fingerprint density at radius 1 is 1.25 bits per heavy atom. The average molecular weight is 347 g/mol. The quantitative estimate of drug-likeness (QED) is 0.792. The second-order valence-corrected chi connectivity index (χ2v) is 6.37. The molecule has 0 aromatic heterocycles. The molecule has 1 N–H and O–H groups in total. The minimum absolute atomic E-state index is 0.569. The van der Waals surface area contributed by atoms with Gasteiger partial charge in [-0.3, -0.25) is 0 Å². The zero-order chi connectivity index (χ0) is 11.5. The third kappa shape index (κ3) is 3.01. The van der Waals surface area contributed by atoms with Crippen LogP contribution in [0, 0.1) is 5.92 Å². The maximum absolute atomic E-state index is 3.61. The van der Waals surface area contributed by atoms with Gasteiger partial charge in [0.05, 0.1) is 0 Å². The highest BCUT2D eigenvalue weighted by Crippen LogP contribution is 2.32. The molecule has 1 aromatic rings. The van der Waals surface area contributed by atoms with E-state index in [4.69, 9.17) is 0 Å². The Balaban J connectivity index is 2.02. The predicted molar refractivity (Wildman–Crippen MR) is 76.9 cm³/mol. The molecule has 0 amide bonds. The molecular weight excluding hydrogens is 330 g/mol. The van der Waals surface area contributed by atoms with Crippen molar-refractivity contribution in [2.45, 2.75) is 38.6 Å². The first-order chi connectivity index (χ1) is 7.66. The second kappa shape index (κ2) is 5.54. The van der Waals surface area contributed by atoms with Crippen LogP contribution in [0.25, 0.3) is 0 Å². The number of benzene rings is 1. The van der Waals surface area contributed by atoms with Crippen molar-refractivity contribution in [1.82, 2.24) is 0 Å². The van der Waals surface area contributed by atoms with Gasteiger partial charge in [-0.1, -0.05) is 28.8 Å². The van der Waals surface area contributed by atoms with Gasteiger partial charge in [0.25, 0.3) is 0 Å². The number of halogens is 2. The van der Waals surface area contributed by atoms with Crippen molar-refractivity contribution in [2.24, 2.45) is 5.92 Å². The van der Waals surface area contributed by atoms with Gasteiger partial charge in [0.15, 0.2) is 0 Å². The molecule has 16 heavy (non-hydrogen) atoms. The van der Waals surface area contributed by atoms with Crippen LogP contribution in [-0.4, -0.2) is 6.04 Å². The summed E-state index contributed by atoms with van der Waals surface area (Å²) in [5, 5.41) is 3.61. The third-order valence-corrected chi connectivity index (χ3v) is 4.57. The van der Waals surface area contributed by atoms with Gasteiger partial charge in [0, 0.05) is 20.7 Å². The first-order valence-electron chi connectivity index (χ1n) is 5.88. The number of nitrogens with one attached hydrogen (secondary N) is 1. The summed E-state index contributed by atoms with van der Waals surface area (Å²) in [7, 11) is 0. The van der Waals surface area contributed by atoms with E-state index in [9.17, 15) is 0 Å². The standard InChI is InChI=1S/C13H17Br2N/c1-9(10-4-2-3-5-10)16-13-7-6-11(14)8-12(13)15/h6-10,16H,2-5H2,1H3. The van der Waals surface area contributed by atoms with Crippen molar-refractivity contribution in [1.29, 1.82) is 0 Å². The van der Waals surface area contributed by atoms with E-state index in [1.807, 2.05) is 0 Å². The fourth-order valence-corrected chi connectivity index (χ4v) is 3.59. The van der Waals surface area contributed by atoms with Crippen LogP contribution < -0.4 is 5.32 Å². The number of hydrogen-bond donors (Lipinski definition) is 1. The lowest BCUT2D eigenvalue weighted by Crippen LogP contribution is -2.23. The van der Waals surface area contributed by atoms with E-state index in [1.54, 1.807) is 0 Å². The van der Waals surface area contributed by atoms with Gasteiger partial charge in [-0.15, -0.1) is 0 Å². The minimum Gasteiger partial charge on any atom is -0.381 e. The van der Waals surface area contributed by atoms with E-state index in [-0.39, 0.29) is 0 Å². The van der Waals surface area contributed by atoms with Crippen LogP contribution in [0.15, 0.2) is 27.1 Å². The number of anilines is 1. The first kappa shape index (κ1) is 12.4. The Morgan fingerprint density at radius 2 is 1.94 bits per heavy atom. The highest BCUT2D eigenvalue weighted by molar-refractivity contribution is 9.11. The van der Waals surface area contributed by atoms with Gasteiger partial charge in [0.1, 0.15) is 0 Å². The van der Waals surface area contributed by atoms with Crippen molar-refractivity contribution in [3.63, 3.8) is 0 Å². The monoisotopic (exact) mass is 345 g/mol. The smallest absolute Gasteiger partial charge is 0.0487 e. The molecule has 3 heteroatoms. The van der Waals surface area contributed by atoms with Crippen LogP contribution in [0.3, 0.4) is 0 Å². The Hall–Kier alpha value is -0.0200. The summed E-state index contributed by atoms with van der Waals surface area (Å²) in [5.74, 6) is 0.843. The summed E-state index contributed by atoms with van der Waals surface area (Å²) in [4.78, 5) is 0. The summed E-state index contributed by atoms with van der Waals surface area (Å²) in [5.41, 5.74) is 1.20. The summed E-state index contributed by atoms with van der Waals surface area (Å²) in [6.45, 7) is 2.30. The molecule has 1 aliphatic rings. The highest BCUT2D eigenvalue weighted by atomic mass is 79.9. The minimum atomic E-state index is 0.569. The Bertz CT molecular complexity index is 359. The summed E-state index contributed by atoms with van der Waals surface area (Å²) < 4.78 is 2.24. The van der Waals surface area contributed by atoms with Crippen molar-refractivity contribution >= 4 is 37.5 Å². The predicted octanol–water partition coefficient (Wildman–Crippen LogP) is 5.20. The van der Waals surface area contributed by atoms with E-state index in [0.29, 0.717) is 6.04 Å². The molecule has 0 heterocycles. The molecule has 1 unspecified atom stereocenters. The van der Waals surface area contributed by atoms with E-state index < -0.39 is 0 Å². The van der Waals surface area contributed by atoms with Gasteiger partial charge < -0.3 is 5.32 Å². The number of rotatable bonds is 3. The summed E-state index contributed by atoms with van der Waals surface area (Å²) >= 11 is 7.06. The Labute approximate surface area is 114 Å². The molecule has 1 aliphatic carbocycles. The lowest BCUT2D eigenvalue weighted by Gasteiger charge is -2.22. The van der Waals surface area contributed by atoms with Gasteiger partial charge in [-0.2, -0.15) is 0 Å². The molecule has 88 valence electrons. The largest absolute Gasteiger partial charge is 0.381 e. The summed E-state index contributed by atoms with van der Waals surface area (Å²) in [6, 6.07) is 6.86. The second-order valence-electron chi connectivity index (χ2n) is 4.60. The summed E-state index contributed by atoms with van der Waals surface area (Å²) in [6.07, 6.45) is 5.56. The Morgan fingerprint density at radius 3 is 2.56 bits per heavy atom. The van der Waals surface area contributed by atoms with Gasteiger partial charge >= 0.3 is 0 Å². The van der Waals surface area contributed by atoms with Crippen molar-refractivity contribution in [3.8, 4) is 0 Å². The molecule has 1 nitrogen and oxygen atoms in total. The van der Waals surface area contributed by atoms with E-state index in [0.717, 1.165) is 14.9 Å². The molecule has 0 bridgehead atoms. The van der Waals surface area contributed by atoms with E-state index in [1.165, 1.54) is 31.4 Å². The average Bonchev–Trinajstić information content (AvgIpc) is 2.75. The fourth-order valence-electron chi connectivity index (χ4n) is 2.43. The zero-order valence-corrected chi connectivity index (χ0v) is 12.6. The van der Waals surface area contributed by atoms with Crippen LogP contribution in [0.4, 0.5) is 5.69 Å². The van der Waals surface area contributed by atoms with Crippen LogP contribution in [0.1, 0.15) is 32.6 Å². The van der Waals surface area contributed by atoms with Crippen LogP contribution >= 0.6 is 31.9 Å². The van der Waals surface area contributed by atoms with E-state index >= 15 is 0 Å². The van der Waals surface area contributed by atoms with Crippen LogP contribution in [-0.2, 0) is 0 Å². The first-order valence-corrected chi connectivity index (χ1v) is 7.47. The molecule has 1 atom stereocenters. The SMILES string of the molecule is CC(Nc1ccc(Br)cc1Br)C1CCCC1. The molecule has 1 aromatic carbocycles. The van der Waals surface area contributed by atoms with Gasteiger partial charge in [-0.25, -0.2) is 0 Å². The Kier molecular flexibility index (Phi) is 4.31. The van der Waals surface area contributed by atoms with Gasteiger partial charge in [0.2, 0.25) is 0 Å². The molecule has 0 aliphatic heterocycles. The normalized spacial score (nSPS) is 18.7. The zero-order valence-electron chi connectivity index (χ0n) is 9.47. The maximum Gasteiger partial charge on any atom is 0.0487 e. The maximum atomic E-state index is 3.61. The van der Waals surface area contributed by atoms with Crippen LogP contribution in [0.2, 0.25) is 0 Å². The molecule has 0 saturated heterocycles. The highest BCUT2D eigenvalue weighted by Gasteiger charge is 2.21. The van der Waals surface area contributed by atoms with E-state index in [2.05, 4.69) is 62.3 Å². The molecule has 0 spiro atoms. The molecule has 2 rings (SSSR count). The topological polar surface area (TPSA) is 12.0 Å². The fraction of sp³-hybridized carbons (Fsp3) is 0.538. The molecule has 1 fully saturated rings. The molecular formula is C13H17Br2N. The van der Waals surface area contributed by atoms with Crippen molar-refractivity contribution in [3.05, 3.63) is 27.1 Å². The lowest BCUT2D eigenvalue weighted by atomic mass is 9.99.